The van der Waals surface area contributed by atoms with E-state index in [1.807, 2.05) is 42.5 Å². The van der Waals surface area contributed by atoms with Crippen molar-refractivity contribution in [1.29, 1.82) is 5.26 Å². The summed E-state index contributed by atoms with van der Waals surface area (Å²) in [6.07, 6.45) is 1.78. The van der Waals surface area contributed by atoms with Crippen LogP contribution in [-0.2, 0) is 0 Å². The van der Waals surface area contributed by atoms with Gasteiger partial charge in [0, 0.05) is 22.7 Å². The molecule has 4 aromatic rings. The van der Waals surface area contributed by atoms with Gasteiger partial charge < -0.3 is 5.32 Å². The summed E-state index contributed by atoms with van der Waals surface area (Å²) in [5.74, 6) is 0.728. The van der Waals surface area contributed by atoms with Crippen LogP contribution in [-0.4, -0.2) is 9.97 Å². The van der Waals surface area contributed by atoms with Gasteiger partial charge in [-0.1, -0.05) is 24.3 Å². The fourth-order valence-corrected chi connectivity index (χ4v) is 2.61. The largest absolute Gasteiger partial charge is 0.340 e. The van der Waals surface area contributed by atoms with Gasteiger partial charge in [0.05, 0.1) is 22.7 Å². The Bertz CT molecular complexity index is 1060. The van der Waals surface area contributed by atoms with Gasteiger partial charge in [0.1, 0.15) is 5.82 Å². The highest BCUT2D eigenvalue weighted by molar-refractivity contribution is 6.03. The van der Waals surface area contributed by atoms with Gasteiger partial charge in [0.25, 0.3) is 0 Å². The van der Waals surface area contributed by atoms with E-state index in [0.717, 1.165) is 33.3 Å². The number of anilines is 2. The van der Waals surface area contributed by atoms with E-state index in [1.165, 1.54) is 0 Å². The maximum atomic E-state index is 8.99. The van der Waals surface area contributed by atoms with Gasteiger partial charge >= 0.3 is 0 Å². The summed E-state index contributed by atoms with van der Waals surface area (Å²) in [6, 6.07) is 21.5. The molecule has 0 atom stereocenters. The monoisotopic (exact) mass is 296 g/mol. The first-order chi connectivity index (χ1) is 11.3. The lowest BCUT2D eigenvalue weighted by Crippen LogP contribution is -1.95. The van der Waals surface area contributed by atoms with E-state index in [0.29, 0.717) is 5.56 Å². The lowest BCUT2D eigenvalue weighted by atomic mass is 10.1. The lowest BCUT2D eigenvalue weighted by molar-refractivity contribution is 1.35. The van der Waals surface area contributed by atoms with Crippen LogP contribution in [0.1, 0.15) is 5.56 Å². The first-order valence-corrected chi connectivity index (χ1v) is 7.25. The highest BCUT2D eigenvalue weighted by Gasteiger charge is 2.05. The normalized spacial score (nSPS) is 10.6. The number of nitrogens with zero attached hydrogens (tertiary/aromatic N) is 3. The zero-order valence-electron chi connectivity index (χ0n) is 12.2. The fourth-order valence-electron chi connectivity index (χ4n) is 2.61. The van der Waals surface area contributed by atoms with Crippen LogP contribution in [0.2, 0.25) is 0 Å². The van der Waals surface area contributed by atoms with Gasteiger partial charge in [0.15, 0.2) is 0 Å². The molecule has 4 nitrogen and oxygen atoms in total. The van der Waals surface area contributed by atoms with Crippen molar-refractivity contribution in [1.82, 2.24) is 9.97 Å². The van der Waals surface area contributed by atoms with Gasteiger partial charge in [0.2, 0.25) is 0 Å². The predicted octanol–water partition coefficient (Wildman–Crippen LogP) is 4.40. The summed E-state index contributed by atoms with van der Waals surface area (Å²) in [5, 5.41) is 14.3. The van der Waals surface area contributed by atoms with Crippen LogP contribution in [0.4, 0.5) is 11.5 Å². The Hall–Kier alpha value is -3.45. The Morgan fingerprint density at radius 1 is 0.870 bits per heavy atom. The number of nitriles is 1. The number of hydrogen-bond donors (Lipinski definition) is 1. The molecule has 4 heteroatoms. The highest BCUT2D eigenvalue weighted by Crippen LogP contribution is 2.24. The van der Waals surface area contributed by atoms with Gasteiger partial charge in [-0.05, 0) is 36.4 Å². The van der Waals surface area contributed by atoms with Crippen LogP contribution in [0.25, 0.3) is 21.8 Å². The van der Waals surface area contributed by atoms with E-state index in [1.54, 1.807) is 18.3 Å². The first kappa shape index (κ1) is 13.2. The quantitative estimate of drug-likeness (QED) is 0.557. The zero-order valence-corrected chi connectivity index (χ0v) is 12.2. The smallest absolute Gasteiger partial charge is 0.131 e. The Balaban J connectivity index is 1.81. The third-order valence-corrected chi connectivity index (χ3v) is 3.70. The van der Waals surface area contributed by atoms with Gasteiger partial charge in [-0.25, -0.2) is 4.98 Å². The summed E-state index contributed by atoms with van der Waals surface area (Å²) in [6.45, 7) is 0. The molecule has 0 bridgehead atoms. The summed E-state index contributed by atoms with van der Waals surface area (Å²) in [4.78, 5) is 9.15. The second-order valence-corrected chi connectivity index (χ2v) is 5.23. The van der Waals surface area contributed by atoms with Gasteiger partial charge in [-0.2, -0.15) is 5.26 Å². The standard InChI is InChI=1S/C19H12N4/c20-12-13-3-1-5-16(11-13)22-17-9-8-15-7-6-14-4-2-10-21-18(14)19(15)23-17/h1-11H,(H,22,23). The summed E-state index contributed by atoms with van der Waals surface area (Å²) < 4.78 is 0. The van der Waals surface area contributed by atoms with Gasteiger partial charge in [-0.3, -0.25) is 4.98 Å². The molecule has 0 saturated heterocycles. The van der Waals surface area contributed by atoms with Crippen molar-refractivity contribution in [2.75, 3.05) is 5.32 Å². The van der Waals surface area contributed by atoms with Gasteiger partial charge in [-0.15, -0.1) is 0 Å². The summed E-state index contributed by atoms with van der Waals surface area (Å²) in [5.41, 5.74) is 3.20. The van der Waals surface area contributed by atoms with E-state index in [4.69, 9.17) is 10.2 Å². The van der Waals surface area contributed by atoms with Crippen LogP contribution in [0, 0.1) is 11.3 Å². The van der Waals surface area contributed by atoms with Crippen molar-refractivity contribution in [2.45, 2.75) is 0 Å². The fraction of sp³-hybridized carbons (Fsp3) is 0. The average molecular weight is 296 g/mol. The molecule has 0 radical (unpaired) electrons. The first-order valence-electron chi connectivity index (χ1n) is 7.25. The molecule has 0 spiro atoms. The van der Waals surface area contributed by atoms with E-state index in [-0.39, 0.29) is 0 Å². The van der Waals surface area contributed by atoms with Crippen LogP contribution < -0.4 is 5.32 Å². The molecule has 108 valence electrons. The molecule has 0 saturated carbocycles. The molecule has 2 heterocycles. The number of rotatable bonds is 2. The van der Waals surface area contributed by atoms with Crippen LogP contribution in [0.5, 0.6) is 0 Å². The maximum Gasteiger partial charge on any atom is 0.131 e. The Kier molecular flexibility index (Phi) is 3.10. The van der Waals surface area contributed by atoms with Crippen molar-refractivity contribution in [2.24, 2.45) is 0 Å². The topological polar surface area (TPSA) is 61.6 Å². The van der Waals surface area contributed by atoms with Crippen molar-refractivity contribution in [3.63, 3.8) is 0 Å². The number of pyridine rings is 2. The third-order valence-electron chi connectivity index (χ3n) is 3.70. The van der Waals surface area contributed by atoms with Crippen LogP contribution in [0.15, 0.2) is 66.9 Å². The van der Waals surface area contributed by atoms with E-state index < -0.39 is 0 Å². The molecule has 23 heavy (non-hydrogen) atoms. The number of fused-ring (bicyclic) bond motifs is 3. The number of benzene rings is 2. The minimum atomic E-state index is 0.614. The molecule has 2 aromatic heterocycles. The van der Waals surface area contributed by atoms with Crippen molar-refractivity contribution < 1.29 is 0 Å². The van der Waals surface area contributed by atoms with E-state index in [2.05, 4.69) is 22.4 Å². The van der Waals surface area contributed by atoms with Crippen molar-refractivity contribution in [3.8, 4) is 6.07 Å². The van der Waals surface area contributed by atoms with E-state index >= 15 is 0 Å². The van der Waals surface area contributed by atoms with E-state index in [9.17, 15) is 0 Å². The summed E-state index contributed by atoms with van der Waals surface area (Å²) in [7, 11) is 0. The lowest BCUT2D eigenvalue weighted by Gasteiger charge is -2.08. The number of hydrogen-bond acceptors (Lipinski definition) is 4. The number of aromatic nitrogens is 2. The zero-order chi connectivity index (χ0) is 15.6. The highest BCUT2D eigenvalue weighted by atomic mass is 15.0. The minimum Gasteiger partial charge on any atom is -0.340 e. The predicted molar refractivity (Wildman–Crippen MR) is 91.5 cm³/mol. The second kappa shape index (κ2) is 5.39. The molecule has 0 aliphatic carbocycles. The SMILES string of the molecule is N#Cc1cccc(Nc2ccc3ccc4cccnc4c3n2)c1. The molecule has 0 unspecified atom stereocenters. The molecular weight excluding hydrogens is 284 g/mol. The number of nitrogens with one attached hydrogen (secondary N) is 1. The Labute approximate surface area is 133 Å². The Morgan fingerprint density at radius 3 is 2.57 bits per heavy atom. The van der Waals surface area contributed by atoms with Crippen LogP contribution in [0.3, 0.4) is 0 Å². The Morgan fingerprint density at radius 2 is 1.70 bits per heavy atom. The maximum absolute atomic E-state index is 8.99. The molecule has 1 N–H and O–H groups in total. The summed E-state index contributed by atoms with van der Waals surface area (Å²) >= 11 is 0. The third kappa shape index (κ3) is 2.45. The second-order valence-electron chi connectivity index (χ2n) is 5.23. The van der Waals surface area contributed by atoms with Crippen LogP contribution >= 0.6 is 0 Å². The molecule has 0 aliphatic heterocycles. The average Bonchev–Trinajstić information content (AvgIpc) is 2.62. The van der Waals surface area contributed by atoms with Crippen molar-refractivity contribution >= 4 is 33.3 Å². The molecule has 0 amide bonds. The van der Waals surface area contributed by atoms with Crippen molar-refractivity contribution in [3.05, 3.63) is 72.4 Å². The minimum absolute atomic E-state index is 0.614. The molecule has 4 rings (SSSR count). The molecule has 0 aliphatic rings. The molecule has 0 fully saturated rings. The molecule has 2 aromatic carbocycles. The molecular formula is C19H12N4.